The molecule has 0 amide bonds. The van der Waals surface area contributed by atoms with Gasteiger partial charge in [-0.1, -0.05) is 6.07 Å². The van der Waals surface area contributed by atoms with Gasteiger partial charge in [0.15, 0.2) is 12.4 Å². The molecule has 1 rings (SSSR count). The predicted octanol–water partition coefficient (Wildman–Crippen LogP) is 5.71. The first-order chi connectivity index (χ1) is 11.4. The highest BCUT2D eigenvalue weighted by Crippen LogP contribution is 2.08. The summed E-state index contributed by atoms with van der Waals surface area (Å²) in [5.41, 5.74) is 0. The van der Waals surface area contributed by atoms with Crippen molar-refractivity contribution in [3.05, 3.63) is 30.6 Å². The van der Waals surface area contributed by atoms with Gasteiger partial charge in [0.25, 0.3) is 0 Å². The van der Waals surface area contributed by atoms with E-state index in [1.165, 1.54) is 0 Å². The summed E-state index contributed by atoms with van der Waals surface area (Å²) in [4.78, 5) is 0. The molecule has 0 saturated heterocycles. The van der Waals surface area contributed by atoms with Crippen molar-refractivity contribution in [3.63, 3.8) is 0 Å². The molecule has 1 aromatic rings. The Balaban J connectivity index is -0.000000124. The van der Waals surface area contributed by atoms with E-state index in [4.69, 9.17) is 0 Å². The number of aryl methyl sites for hydroxylation is 1. The van der Waals surface area contributed by atoms with Crippen LogP contribution in [-0.4, -0.2) is 29.0 Å². The molecule has 0 radical (unpaired) electrons. The third-order valence-electron chi connectivity index (χ3n) is 0.865. The minimum atomic E-state index is -6.00. The Labute approximate surface area is 141 Å². The van der Waals surface area contributed by atoms with Crippen LogP contribution in [0.2, 0.25) is 0 Å². The molecule has 0 unspecified atom stereocenters. The molecule has 0 N–H and O–H groups in total. The van der Waals surface area contributed by atoms with Crippen molar-refractivity contribution < 1.29 is 73.6 Å². The van der Waals surface area contributed by atoms with Crippen LogP contribution in [0.5, 0.6) is 0 Å². The third-order valence-corrected chi connectivity index (χ3v) is 0.865. The van der Waals surface area contributed by atoms with Crippen molar-refractivity contribution in [2.24, 2.45) is 7.05 Å². The van der Waals surface area contributed by atoms with E-state index in [1.807, 2.05) is 42.2 Å². The summed E-state index contributed by atoms with van der Waals surface area (Å²) in [6, 6.07) is 6.00. The lowest BCUT2D eigenvalue weighted by molar-refractivity contribution is -0.671. The molecule has 1 nitrogen and oxygen atoms in total. The van der Waals surface area contributed by atoms with Gasteiger partial charge in [-0.05, 0) is 0 Å². The molecular weight excluding hydrogens is 433 g/mol. The summed E-state index contributed by atoms with van der Waals surface area (Å²) in [5, 5.41) is 0. The monoisotopic (exact) mass is 442 g/mol. The fourth-order valence-electron chi connectivity index (χ4n) is 0.485. The van der Waals surface area contributed by atoms with Crippen LogP contribution in [0.25, 0.3) is 0 Å². The van der Waals surface area contributed by atoms with Crippen molar-refractivity contribution in [3.8, 4) is 0 Å². The lowest BCUT2D eigenvalue weighted by Crippen LogP contribution is -2.25. The Morgan fingerprint density at radius 1 is 0.407 bits per heavy atom. The third kappa shape index (κ3) is 305. The first-order valence-corrected chi connectivity index (χ1v) is 5.79. The highest BCUT2D eigenvalue weighted by atomic mass is 19.5. The standard InChI is InChI=1S/C6H8N.4BF4/c1-7-5-3-2-4-6-7;4*2-1(3,4)5/h2-6H,1H3;;;;/q+1;4*-1. The zero-order valence-corrected chi connectivity index (χ0v) is 12.7. The molecule has 164 valence electrons. The van der Waals surface area contributed by atoms with Gasteiger partial charge in [-0.3, -0.25) is 0 Å². The van der Waals surface area contributed by atoms with Gasteiger partial charge in [0.05, 0.1) is 0 Å². The van der Waals surface area contributed by atoms with Crippen molar-refractivity contribution in [2.45, 2.75) is 0 Å². The number of hydrogen-bond donors (Lipinski definition) is 0. The van der Waals surface area contributed by atoms with Gasteiger partial charge in [-0.2, -0.15) is 0 Å². The van der Waals surface area contributed by atoms with Gasteiger partial charge < -0.3 is 69.1 Å². The predicted molar refractivity (Wildman–Crippen MR) is 68.4 cm³/mol. The molecule has 0 saturated carbocycles. The summed E-state index contributed by atoms with van der Waals surface area (Å²) < 4.78 is 158. The number of pyridine rings is 1. The second-order valence-electron chi connectivity index (χ2n) is 3.52. The van der Waals surface area contributed by atoms with Gasteiger partial charge in [-0.25, -0.2) is 4.57 Å². The van der Waals surface area contributed by atoms with Gasteiger partial charge in [0, 0.05) is 12.1 Å². The van der Waals surface area contributed by atoms with Gasteiger partial charge in [0.2, 0.25) is 0 Å². The molecule has 21 heteroatoms. The number of aromatic nitrogens is 1. The molecule has 0 aliphatic rings. The maximum atomic E-state index is 9.75. The smallest absolute Gasteiger partial charge is 0.418 e. The second kappa shape index (κ2) is 14.4. The largest absolute Gasteiger partial charge is 0.673 e. The summed E-state index contributed by atoms with van der Waals surface area (Å²) in [7, 11) is -22.0. The number of rotatable bonds is 0. The van der Waals surface area contributed by atoms with Crippen molar-refractivity contribution in [1.82, 2.24) is 0 Å². The molecule has 1 heterocycles. The average molecular weight is 441 g/mol. The summed E-state index contributed by atoms with van der Waals surface area (Å²) in [5.74, 6) is 0. The fourth-order valence-corrected chi connectivity index (χ4v) is 0.485. The molecule has 27 heavy (non-hydrogen) atoms. The molecule has 1 aromatic heterocycles. The van der Waals surface area contributed by atoms with E-state index in [2.05, 4.69) is 0 Å². The minimum Gasteiger partial charge on any atom is -0.418 e. The Morgan fingerprint density at radius 2 is 0.556 bits per heavy atom. The van der Waals surface area contributed by atoms with Crippen LogP contribution < -0.4 is 4.57 Å². The minimum absolute atomic E-state index is 2.00. The fraction of sp³-hybridized carbons (Fsp3) is 0.167. The molecule has 0 aliphatic carbocycles. The zero-order valence-electron chi connectivity index (χ0n) is 12.7. The van der Waals surface area contributed by atoms with Crippen LogP contribution in [0.1, 0.15) is 0 Å². The quantitative estimate of drug-likeness (QED) is 0.276. The van der Waals surface area contributed by atoms with E-state index in [0.29, 0.717) is 0 Å². The Kier molecular flexibility index (Phi) is 17.5. The molecule has 0 bridgehead atoms. The Hall–Kier alpha value is -1.71. The first kappa shape index (κ1) is 32.9. The Bertz CT molecular complexity index is 365. The molecule has 0 atom stereocenters. The number of hydrogen-bond acceptors (Lipinski definition) is 0. The van der Waals surface area contributed by atoms with Crippen LogP contribution in [0.4, 0.5) is 69.1 Å². The number of nitrogens with zero attached hydrogens (tertiary/aromatic N) is 1. The van der Waals surface area contributed by atoms with Gasteiger partial charge in [0.1, 0.15) is 7.05 Å². The highest BCUT2D eigenvalue weighted by molar-refractivity contribution is 6.50. The van der Waals surface area contributed by atoms with Crippen molar-refractivity contribution in [1.29, 1.82) is 0 Å². The van der Waals surface area contributed by atoms with Crippen LogP contribution >= 0.6 is 0 Å². The van der Waals surface area contributed by atoms with Gasteiger partial charge >= 0.3 is 29.0 Å². The van der Waals surface area contributed by atoms with Crippen molar-refractivity contribution in [2.75, 3.05) is 0 Å². The highest BCUT2D eigenvalue weighted by Gasteiger charge is 2.21. The van der Waals surface area contributed by atoms with E-state index in [1.54, 1.807) is 0 Å². The first-order valence-electron chi connectivity index (χ1n) is 5.79. The van der Waals surface area contributed by atoms with Crippen LogP contribution in [0.15, 0.2) is 30.6 Å². The summed E-state index contributed by atoms with van der Waals surface area (Å²) >= 11 is 0. The normalized spacial score (nSPS) is 11.1. The van der Waals surface area contributed by atoms with E-state index < -0.39 is 29.0 Å². The SMILES string of the molecule is C[n+]1ccccc1.F[B-](F)(F)F.F[B-](F)(F)F.F[B-](F)(F)F.F[B-](F)(F)F. The van der Waals surface area contributed by atoms with Crippen LogP contribution in [-0.2, 0) is 7.05 Å². The topological polar surface area (TPSA) is 3.88 Å². The van der Waals surface area contributed by atoms with Gasteiger partial charge in [-0.15, -0.1) is 0 Å². The zero-order chi connectivity index (χ0) is 23.1. The summed E-state index contributed by atoms with van der Waals surface area (Å²) in [6.07, 6.45) is 4.00. The maximum absolute atomic E-state index is 9.75. The molecule has 0 fully saturated rings. The second-order valence-corrected chi connectivity index (χ2v) is 3.52. The number of halogens is 16. The van der Waals surface area contributed by atoms with E-state index in [-0.39, 0.29) is 0 Å². The van der Waals surface area contributed by atoms with Crippen molar-refractivity contribution >= 4 is 29.0 Å². The van der Waals surface area contributed by atoms with E-state index in [0.717, 1.165) is 0 Å². The average Bonchev–Trinajstić information content (AvgIpc) is 2.19. The lowest BCUT2D eigenvalue weighted by atomic mass is 10.3. The van der Waals surface area contributed by atoms with Crippen LogP contribution in [0.3, 0.4) is 0 Å². The molecule has 0 spiro atoms. The molecular formula is C6H8B4F16N-3. The molecule has 0 aliphatic heterocycles. The summed E-state index contributed by atoms with van der Waals surface area (Å²) in [6.45, 7) is 0. The Morgan fingerprint density at radius 3 is 0.630 bits per heavy atom. The lowest BCUT2D eigenvalue weighted by Gasteiger charge is -1.94. The van der Waals surface area contributed by atoms with E-state index >= 15 is 0 Å². The van der Waals surface area contributed by atoms with E-state index in [9.17, 15) is 69.1 Å². The van der Waals surface area contributed by atoms with Crippen LogP contribution in [0, 0.1) is 0 Å². The maximum Gasteiger partial charge on any atom is 0.673 e. The molecule has 0 aromatic carbocycles.